The fraction of sp³-hybridized carbons (Fsp3) is 0. The zero-order chi connectivity index (χ0) is 21.1. The Morgan fingerprint density at radius 3 is 2.27 bits per heavy atom. The molecule has 2 N–H and O–H groups in total. The van der Waals surface area contributed by atoms with Gasteiger partial charge in [0.05, 0.1) is 32.7 Å². The maximum atomic E-state index is 12.7. The molecule has 0 fully saturated rings. The molecule has 0 atom stereocenters. The summed E-state index contributed by atoms with van der Waals surface area (Å²) in [6, 6.07) is 19.6. The Kier molecular flexibility index (Phi) is 5.35. The maximum Gasteiger partial charge on any atom is 0.263 e. The minimum absolute atomic E-state index is 0.0215. The standard InChI is InChI=1S/C21H15ClN4O3S/c22-17-6-2-1-5-16(17)21(27)24-14-9-11-15(12-10-14)30(28,29)26-20-13-23-18-7-3-4-8-19(18)25-20/h1-13H,(H,24,27)(H,25,26). The molecule has 0 saturated carbocycles. The molecule has 4 aromatic rings. The number of anilines is 2. The lowest BCUT2D eigenvalue weighted by Crippen LogP contribution is -2.15. The Balaban J connectivity index is 1.50. The lowest BCUT2D eigenvalue weighted by Gasteiger charge is -2.10. The lowest BCUT2D eigenvalue weighted by molar-refractivity contribution is 0.102. The summed E-state index contributed by atoms with van der Waals surface area (Å²) in [5, 5.41) is 3.02. The molecule has 0 bridgehead atoms. The van der Waals surface area contributed by atoms with E-state index in [0.29, 0.717) is 27.3 Å². The van der Waals surface area contributed by atoms with E-state index in [4.69, 9.17) is 11.6 Å². The molecular weight excluding hydrogens is 424 g/mol. The van der Waals surface area contributed by atoms with Crippen molar-refractivity contribution in [3.8, 4) is 0 Å². The van der Waals surface area contributed by atoms with E-state index in [0.717, 1.165) is 0 Å². The van der Waals surface area contributed by atoms with Crippen LogP contribution in [-0.4, -0.2) is 24.3 Å². The lowest BCUT2D eigenvalue weighted by atomic mass is 10.2. The number of benzene rings is 3. The van der Waals surface area contributed by atoms with Gasteiger partial charge in [-0.1, -0.05) is 35.9 Å². The van der Waals surface area contributed by atoms with Crippen LogP contribution in [0, 0.1) is 0 Å². The van der Waals surface area contributed by atoms with Crippen LogP contribution in [0.2, 0.25) is 5.02 Å². The molecule has 0 saturated heterocycles. The second-order valence-electron chi connectivity index (χ2n) is 6.31. The minimum Gasteiger partial charge on any atom is -0.322 e. The van der Waals surface area contributed by atoms with Gasteiger partial charge in [0.2, 0.25) is 0 Å². The number of nitrogens with one attached hydrogen (secondary N) is 2. The third-order valence-corrected chi connectivity index (χ3v) is 5.93. The van der Waals surface area contributed by atoms with E-state index >= 15 is 0 Å². The molecule has 7 nitrogen and oxygen atoms in total. The molecule has 3 aromatic carbocycles. The summed E-state index contributed by atoms with van der Waals surface area (Å²) in [5.41, 5.74) is 2.01. The van der Waals surface area contributed by atoms with Crippen molar-refractivity contribution in [1.29, 1.82) is 0 Å². The summed E-state index contributed by atoms with van der Waals surface area (Å²) in [7, 11) is -3.87. The highest BCUT2D eigenvalue weighted by atomic mass is 35.5. The maximum absolute atomic E-state index is 12.7. The van der Waals surface area contributed by atoms with Gasteiger partial charge in [-0.25, -0.2) is 13.4 Å². The number of carbonyl (C=O) groups excluding carboxylic acids is 1. The smallest absolute Gasteiger partial charge is 0.263 e. The number of hydrogen-bond donors (Lipinski definition) is 2. The third kappa shape index (κ3) is 4.24. The van der Waals surface area contributed by atoms with Crippen molar-refractivity contribution in [2.45, 2.75) is 4.90 Å². The van der Waals surface area contributed by atoms with Crippen molar-refractivity contribution < 1.29 is 13.2 Å². The Morgan fingerprint density at radius 1 is 0.867 bits per heavy atom. The highest BCUT2D eigenvalue weighted by molar-refractivity contribution is 7.92. The van der Waals surface area contributed by atoms with Gasteiger partial charge in [0.15, 0.2) is 5.82 Å². The number of nitrogens with zero attached hydrogens (tertiary/aromatic N) is 2. The molecule has 0 aliphatic carbocycles. The Labute approximate surface area is 177 Å². The predicted octanol–water partition coefficient (Wildman–Crippen LogP) is 4.34. The summed E-state index contributed by atoms with van der Waals surface area (Å²) in [4.78, 5) is 20.8. The van der Waals surface area contributed by atoms with Crippen molar-refractivity contribution in [1.82, 2.24) is 9.97 Å². The molecule has 0 spiro atoms. The summed E-state index contributed by atoms with van der Waals surface area (Å²) in [5.74, 6) is -0.273. The van der Waals surface area contributed by atoms with E-state index in [-0.39, 0.29) is 16.6 Å². The predicted molar refractivity (Wildman–Crippen MR) is 116 cm³/mol. The minimum atomic E-state index is -3.87. The van der Waals surface area contributed by atoms with E-state index in [1.165, 1.54) is 30.5 Å². The first kappa shape index (κ1) is 19.8. The number of rotatable bonds is 5. The number of amides is 1. The van der Waals surface area contributed by atoms with Gasteiger partial charge in [0.25, 0.3) is 15.9 Å². The highest BCUT2D eigenvalue weighted by Gasteiger charge is 2.16. The van der Waals surface area contributed by atoms with Crippen molar-refractivity contribution in [3.63, 3.8) is 0 Å². The molecule has 0 aliphatic rings. The van der Waals surface area contributed by atoms with Crippen LogP contribution >= 0.6 is 11.6 Å². The quantitative estimate of drug-likeness (QED) is 0.482. The monoisotopic (exact) mass is 438 g/mol. The van der Waals surface area contributed by atoms with Crippen LogP contribution in [0.15, 0.2) is 83.9 Å². The highest BCUT2D eigenvalue weighted by Crippen LogP contribution is 2.20. The van der Waals surface area contributed by atoms with Gasteiger partial charge in [0.1, 0.15) is 0 Å². The van der Waals surface area contributed by atoms with E-state index in [9.17, 15) is 13.2 Å². The van der Waals surface area contributed by atoms with Crippen LogP contribution in [0.5, 0.6) is 0 Å². The fourth-order valence-corrected chi connectivity index (χ4v) is 3.97. The Morgan fingerprint density at radius 2 is 1.53 bits per heavy atom. The second kappa shape index (κ2) is 8.10. The molecule has 150 valence electrons. The fourth-order valence-electron chi connectivity index (χ4n) is 2.76. The average molecular weight is 439 g/mol. The molecule has 1 aromatic heterocycles. The van der Waals surface area contributed by atoms with E-state index in [2.05, 4.69) is 20.0 Å². The molecule has 4 rings (SSSR count). The molecule has 1 amide bonds. The van der Waals surface area contributed by atoms with Crippen LogP contribution in [0.4, 0.5) is 11.5 Å². The van der Waals surface area contributed by atoms with E-state index in [1.54, 1.807) is 42.5 Å². The van der Waals surface area contributed by atoms with Gasteiger partial charge >= 0.3 is 0 Å². The first-order valence-corrected chi connectivity index (χ1v) is 10.7. The number of aromatic nitrogens is 2. The van der Waals surface area contributed by atoms with Gasteiger partial charge < -0.3 is 5.32 Å². The Bertz CT molecular complexity index is 1340. The van der Waals surface area contributed by atoms with Gasteiger partial charge in [-0.3, -0.25) is 14.5 Å². The molecule has 0 unspecified atom stereocenters. The van der Waals surface area contributed by atoms with Gasteiger partial charge in [0, 0.05) is 5.69 Å². The van der Waals surface area contributed by atoms with Gasteiger partial charge in [-0.15, -0.1) is 0 Å². The normalized spacial score (nSPS) is 11.2. The van der Waals surface area contributed by atoms with Crippen molar-refractivity contribution in [2.75, 3.05) is 10.0 Å². The number of fused-ring (bicyclic) bond motifs is 1. The van der Waals surface area contributed by atoms with Crippen LogP contribution in [-0.2, 0) is 10.0 Å². The number of carbonyl (C=O) groups is 1. The van der Waals surface area contributed by atoms with Crippen LogP contribution in [0.3, 0.4) is 0 Å². The first-order chi connectivity index (χ1) is 14.4. The van der Waals surface area contributed by atoms with E-state index in [1.807, 2.05) is 6.07 Å². The molecule has 1 heterocycles. The van der Waals surface area contributed by atoms with Crippen molar-refractivity contribution in [2.24, 2.45) is 0 Å². The molecule has 0 aliphatic heterocycles. The summed E-state index contributed by atoms with van der Waals surface area (Å²) in [6.07, 6.45) is 1.36. The van der Waals surface area contributed by atoms with Gasteiger partial charge in [-0.2, -0.15) is 0 Å². The number of hydrogen-bond acceptors (Lipinski definition) is 5. The van der Waals surface area contributed by atoms with Crippen LogP contribution in [0.25, 0.3) is 11.0 Å². The molecule has 30 heavy (non-hydrogen) atoms. The van der Waals surface area contributed by atoms with Crippen LogP contribution in [0.1, 0.15) is 10.4 Å². The zero-order valence-electron chi connectivity index (χ0n) is 15.4. The number of sulfonamides is 1. The summed E-state index contributed by atoms with van der Waals surface area (Å²) < 4.78 is 27.7. The summed E-state index contributed by atoms with van der Waals surface area (Å²) >= 11 is 6.02. The van der Waals surface area contributed by atoms with Crippen molar-refractivity contribution in [3.05, 3.63) is 89.6 Å². The Hall–Kier alpha value is -3.49. The first-order valence-electron chi connectivity index (χ1n) is 8.83. The summed E-state index contributed by atoms with van der Waals surface area (Å²) in [6.45, 7) is 0. The van der Waals surface area contributed by atoms with Crippen LogP contribution < -0.4 is 10.0 Å². The number of para-hydroxylation sites is 2. The largest absolute Gasteiger partial charge is 0.322 e. The van der Waals surface area contributed by atoms with Gasteiger partial charge in [-0.05, 0) is 48.5 Å². The average Bonchev–Trinajstić information content (AvgIpc) is 2.74. The molecule has 0 radical (unpaired) electrons. The van der Waals surface area contributed by atoms with E-state index < -0.39 is 10.0 Å². The zero-order valence-corrected chi connectivity index (χ0v) is 17.0. The third-order valence-electron chi connectivity index (χ3n) is 4.23. The second-order valence-corrected chi connectivity index (χ2v) is 8.40. The topological polar surface area (TPSA) is 101 Å². The SMILES string of the molecule is O=C(Nc1ccc(S(=O)(=O)Nc2cnc3ccccc3n2)cc1)c1ccccc1Cl. The van der Waals surface area contributed by atoms with Crippen molar-refractivity contribution >= 4 is 50.1 Å². The molecular formula is C21H15ClN4O3S. The number of halogens is 1. The molecule has 9 heteroatoms.